The van der Waals surface area contributed by atoms with Gasteiger partial charge in [0.25, 0.3) is 0 Å². The Hall–Kier alpha value is -0.0800. The number of nitrogens with two attached hydrogens (primary N) is 1. The number of hydrogen-bond acceptors (Lipinski definition) is 2. The Morgan fingerprint density at radius 2 is 1.82 bits per heavy atom. The van der Waals surface area contributed by atoms with Crippen LogP contribution in [-0.2, 0) is 0 Å². The lowest BCUT2D eigenvalue weighted by Crippen LogP contribution is -2.39. The second-order valence-electron chi connectivity index (χ2n) is 4.68. The van der Waals surface area contributed by atoms with Crippen molar-refractivity contribution in [1.29, 1.82) is 0 Å². The van der Waals surface area contributed by atoms with Gasteiger partial charge in [-0.15, -0.1) is 0 Å². The third-order valence-corrected chi connectivity index (χ3v) is 3.97. The Kier molecular flexibility index (Phi) is 1.37. The number of fused-ring (bicyclic) bond motifs is 2. The summed E-state index contributed by atoms with van der Waals surface area (Å²) in [7, 11) is 0. The number of aliphatic hydroxyl groups is 1. The molecule has 0 spiro atoms. The molecular formula is C9H17NO. The molecule has 0 aliphatic heterocycles. The Balaban J connectivity index is 2.31. The normalized spacial score (nSPS) is 53.5. The molecule has 2 saturated carbocycles. The van der Waals surface area contributed by atoms with E-state index in [-0.39, 0.29) is 12.1 Å². The van der Waals surface area contributed by atoms with E-state index >= 15 is 0 Å². The van der Waals surface area contributed by atoms with Crippen LogP contribution in [0.4, 0.5) is 0 Å². The van der Waals surface area contributed by atoms with Gasteiger partial charge in [-0.1, -0.05) is 13.8 Å². The number of rotatable bonds is 0. The Bertz CT molecular complexity index is 160. The van der Waals surface area contributed by atoms with Crippen LogP contribution in [0, 0.1) is 17.3 Å². The van der Waals surface area contributed by atoms with Gasteiger partial charge >= 0.3 is 0 Å². The van der Waals surface area contributed by atoms with Crippen LogP contribution >= 0.6 is 0 Å². The molecule has 2 rings (SSSR count). The van der Waals surface area contributed by atoms with Gasteiger partial charge in [-0.25, -0.2) is 0 Å². The molecule has 0 radical (unpaired) electrons. The van der Waals surface area contributed by atoms with Crippen LogP contribution in [0.1, 0.15) is 26.7 Å². The summed E-state index contributed by atoms with van der Waals surface area (Å²) in [6.45, 7) is 4.48. The lowest BCUT2D eigenvalue weighted by atomic mass is 9.81. The topological polar surface area (TPSA) is 46.2 Å². The third kappa shape index (κ3) is 0.744. The average molecular weight is 155 g/mol. The summed E-state index contributed by atoms with van der Waals surface area (Å²) < 4.78 is 0. The SMILES string of the molecule is CC1(C)[C@@H]2CC[C@H]1[C@H](O)[C@@H]2N. The van der Waals surface area contributed by atoms with Gasteiger partial charge in [-0.3, -0.25) is 0 Å². The van der Waals surface area contributed by atoms with E-state index in [0.29, 0.717) is 17.3 Å². The minimum absolute atomic E-state index is 0.0451. The van der Waals surface area contributed by atoms with Crippen molar-refractivity contribution in [2.24, 2.45) is 23.0 Å². The monoisotopic (exact) mass is 155 g/mol. The van der Waals surface area contributed by atoms with Gasteiger partial charge in [0, 0.05) is 6.04 Å². The predicted molar refractivity (Wildman–Crippen MR) is 44.0 cm³/mol. The van der Waals surface area contributed by atoms with Crippen LogP contribution < -0.4 is 5.73 Å². The molecule has 0 saturated heterocycles. The number of aliphatic hydroxyl groups excluding tert-OH is 1. The highest BCUT2D eigenvalue weighted by Crippen LogP contribution is 2.56. The summed E-state index contributed by atoms with van der Waals surface area (Å²) in [5.74, 6) is 1.02. The molecule has 0 heterocycles. The molecule has 2 fully saturated rings. The first-order chi connectivity index (χ1) is 5.05. The van der Waals surface area contributed by atoms with Gasteiger partial charge in [0.2, 0.25) is 0 Å². The predicted octanol–water partition coefficient (Wildman–Crippen LogP) is 0.741. The van der Waals surface area contributed by atoms with E-state index in [4.69, 9.17) is 5.73 Å². The molecule has 2 heteroatoms. The van der Waals surface area contributed by atoms with Crippen LogP contribution in [-0.4, -0.2) is 17.3 Å². The van der Waals surface area contributed by atoms with Crippen LogP contribution in [0.5, 0.6) is 0 Å². The lowest BCUT2D eigenvalue weighted by Gasteiger charge is -2.24. The maximum atomic E-state index is 9.70. The van der Waals surface area contributed by atoms with E-state index in [2.05, 4.69) is 13.8 Å². The minimum Gasteiger partial charge on any atom is -0.391 e. The molecule has 2 aliphatic rings. The van der Waals surface area contributed by atoms with Crippen LogP contribution in [0.25, 0.3) is 0 Å². The van der Waals surface area contributed by atoms with E-state index < -0.39 is 0 Å². The minimum atomic E-state index is -0.233. The van der Waals surface area contributed by atoms with Gasteiger partial charge in [0.15, 0.2) is 0 Å². The smallest absolute Gasteiger partial charge is 0.0727 e. The zero-order valence-corrected chi connectivity index (χ0v) is 7.25. The van der Waals surface area contributed by atoms with Gasteiger partial charge in [0.05, 0.1) is 6.10 Å². The molecule has 0 aromatic heterocycles. The average Bonchev–Trinajstić information content (AvgIpc) is 2.27. The highest BCUT2D eigenvalue weighted by molar-refractivity contribution is 5.09. The summed E-state index contributed by atoms with van der Waals surface area (Å²) in [5.41, 5.74) is 6.18. The van der Waals surface area contributed by atoms with Gasteiger partial charge in [-0.2, -0.15) is 0 Å². The fourth-order valence-electron chi connectivity index (χ4n) is 3.18. The van der Waals surface area contributed by atoms with Gasteiger partial charge in [0.1, 0.15) is 0 Å². The molecule has 11 heavy (non-hydrogen) atoms. The van der Waals surface area contributed by atoms with Crippen LogP contribution in [0.15, 0.2) is 0 Å². The molecule has 2 nitrogen and oxygen atoms in total. The highest BCUT2D eigenvalue weighted by atomic mass is 16.3. The largest absolute Gasteiger partial charge is 0.391 e. The second-order valence-corrected chi connectivity index (χ2v) is 4.68. The van der Waals surface area contributed by atoms with E-state index in [1.165, 1.54) is 12.8 Å². The standard InChI is InChI=1S/C9H17NO/c1-9(2)5-3-4-6(9)8(11)7(5)10/h5-8,11H,3-4,10H2,1-2H3/t5-,6+,7-,8+/m1/s1. The van der Waals surface area contributed by atoms with Crippen molar-refractivity contribution < 1.29 is 5.11 Å². The van der Waals surface area contributed by atoms with Crippen LogP contribution in [0.2, 0.25) is 0 Å². The van der Waals surface area contributed by atoms with Crippen molar-refractivity contribution in [2.45, 2.75) is 38.8 Å². The maximum absolute atomic E-state index is 9.70. The molecule has 0 aromatic carbocycles. The molecule has 4 atom stereocenters. The van der Waals surface area contributed by atoms with Crippen molar-refractivity contribution in [2.75, 3.05) is 0 Å². The Labute approximate surface area is 67.8 Å². The van der Waals surface area contributed by atoms with E-state index in [9.17, 15) is 5.11 Å². The Morgan fingerprint density at radius 3 is 2.09 bits per heavy atom. The zero-order chi connectivity index (χ0) is 8.22. The summed E-state index contributed by atoms with van der Waals surface area (Å²) in [6.07, 6.45) is 2.16. The fourth-order valence-corrected chi connectivity index (χ4v) is 3.18. The number of hydrogen-bond donors (Lipinski definition) is 2. The van der Waals surface area contributed by atoms with Crippen molar-refractivity contribution in [3.63, 3.8) is 0 Å². The maximum Gasteiger partial charge on any atom is 0.0727 e. The van der Waals surface area contributed by atoms with Gasteiger partial charge in [-0.05, 0) is 30.1 Å². The molecule has 3 N–H and O–H groups in total. The first kappa shape index (κ1) is 7.56. The van der Waals surface area contributed by atoms with E-state index in [1.807, 2.05) is 0 Å². The van der Waals surface area contributed by atoms with E-state index in [0.717, 1.165) is 0 Å². The molecular weight excluding hydrogens is 138 g/mol. The van der Waals surface area contributed by atoms with Crippen molar-refractivity contribution in [3.05, 3.63) is 0 Å². The first-order valence-corrected chi connectivity index (χ1v) is 4.49. The summed E-state index contributed by atoms with van der Waals surface area (Å²) in [6, 6.07) is 0.0451. The molecule has 2 aliphatic carbocycles. The van der Waals surface area contributed by atoms with Crippen molar-refractivity contribution in [3.8, 4) is 0 Å². The molecule has 0 amide bonds. The van der Waals surface area contributed by atoms with Crippen molar-refractivity contribution in [1.82, 2.24) is 0 Å². The van der Waals surface area contributed by atoms with Gasteiger partial charge < -0.3 is 10.8 Å². The van der Waals surface area contributed by atoms with Crippen LogP contribution in [0.3, 0.4) is 0 Å². The second kappa shape index (κ2) is 1.99. The molecule has 0 aromatic rings. The quantitative estimate of drug-likeness (QED) is 0.542. The Morgan fingerprint density at radius 1 is 1.27 bits per heavy atom. The summed E-state index contributed by atoms with van der Waals surface area (Å²) in [5, 5.41) is 9.70. The fraction of sp³-hybridized carbons (Fsp3) is 1.00. The molecule has 2 bridgehead atoms. The highest BCUT2D eigenvalue weighted by Gasteiger charge is 2.57. The molecule has 0 unspecified atom stereocenters. The molecule has 64 valence electrons. The van der Waals surface area contributed by atoms with E-state index in [1.54, 1.807) is 0 Å². The first-order valence-electron chi connectivity index (χ1n) is 4.49. The van der Waals surface area contributed by atoms with Crippen molar-refractivity contribution >= 4 is 0 Å². The zero-order valence-electron chi connectivity index (χ0n) is 7.25. The summed E-state index contributed by atoms with van der Waals surface area (Å²) in [4.78, 5) is 0. The lowest BCUT2D eigenvalue weighted by molar-refractivity contribution is 0.0825. The third-order valence-electron chi connectivity index (χ3n) is 3.97. The summed E-state index contributed by atoms with van der Waals surface area (Å²) >= 11 is 0.